The third-order valence-electron chi connectivity index (χ3n) is 9.90. The summed E-state index contributed by atoms with van der Waals surface area (Å²) in [4.78, 5) is 22.9. The molecule has 2 fully saturated rings. The van der Waals surface area contributed by atoms with Crippen molar-refractivity contribution in [2.45, 2.75) is 85.4 Å². The lowest BCUT2D eigenvalue weighted by Gasteiger charge is -2.41. The molecule has 8 nitrogen and oxygen atoms in total. The third kappa shape index (κ3) is 9.73. The molecule has 0 amide bonds. The number of hydrogen-bond donors (Lipinski definition) is 2. The quantitative estimate of drug-likeness (QED) is 0.199. The number of ether oxygens (including phenoxy) is 2. The van der Waals surface area contributed by atoms with Crippen molar-refractivity contribution in [1.82, 2.24) is 9.88 Å². The van der Waals surface area contributed by atoms with Gasteiger partial charge in [0.1, 0.15) is 17.4 Å². The number of carbonyl (C=O) groups is 1. The number of benzene rings is 2. The lowest BCUT2D eigenvalue weighted by Crippen LogP contribution is -2.39. The summed E-state index contributed by atoms with van der Waals surface area (Å²) in [5.41, 5.74) is 4.52. The first kappa shape index (κ1) is 36.6. The maximum absolute atomic E-state index is 13.3. The van der Waals surface area contributed by atoms with Crippen LogP contribution in [0.5, 0.6) is 5.75 Å². The van der Waals surface area contributed by atoms with Gasteiger partial charge in [0.15, 0.2) is 6.10 Å². The number of carboxylic acid groups (broad SMARTS) is 1. The molecule has 0 saturated carbocycles. The summed E-state index contributed by atoms with van der Waals surface area (Å²) in [7, 11) is 2.17. The van der Waals surface area contributed by atoms with E-state index in [0.717, 1.165) is 92.4 Å². The number of halogens is 1. The van der Waals surface area contributed by atoms with Crippen molar-refractivity contribution < 1.29 is 23.8 Å². The van der Waals surface area contributed by atoms with Gasteiger partial charge in [-0.2, -0.15) is 0 Å². The molecule has 2 saturated heterocycles. The highest BCUT2D eigenvalue weighted by Crippen LogP contribution is 2.47. The number of piperidine rings is 2. The highest BCUT2D eigenvalue weighted by Gasteiger charge is 2.37. The van der Waals surface area contributed by atoms with Crippen LogP contribution < -0.4 is 15.0 Å². The van der Waals surface area contributed by atoms with Crippen molar-refractivity contribution in [3.8, 4) is 16.9 Å². The normalized spacial score (nSPS) is 17.9. The predicted octanol–water partition coefficient (Wildman–Crippen LogP) is 8.14. The number of rotatable bonds is 12. The second-order valence-corrected chi connectivity index (χ2v) is 15.7. The topological polar surface area (TPSA) is 87.2 Å². The lowest BCUT2D eigenvalue weighted by atomic mass is 9.82. The zero-order valence-corrected chi connectivity index (χ0v) is 30.4. The SMILES string of the molecule is Cc1nc(NCC2CCN(C)CC2)c(-c2ccc(OCCc3ccc(F)cc3)cc2)c(N2CCC(C)(C)CC2)c1C(OC(C)(C)C)C(=O)O. The number of aromatic nitrogens is 1. The van der Waals surface area contributed by atoms with Crippen LogP contribution in [0.4, 0.5) is 15.9 Å². The first-order valence-electron chi connectivity index (χ1n) is 17.8. The van der Waals surface area contributed by atoms with Gasteiger partial charge in [-0.1, -0.05) is 38.1 Å². The molecule has 1 aromatic heterocycles. The minimum Gasteiger partial charge on any atom is -0.493 e. The molecule has 2 aromatic carbocycles. The van der Waals surface area contributed by atoms with Crippen LogP contribution in [0.1, 0.15) is 83.2 Å². The first-order valence-corrected chi connectivity index (χ1v) is 17.8. The molecule has 2 aliphatic rings. The molecule has 1 atom stereocenters. The fraction of sp³-hybridized carbons (Fsp3) is 0.550. The van der Waals surface area contributed by atoms with E-state index < -0.39 is 17.7 Å². The average molecular weight is 675 g/mol. The molecule has 3 heterocycles. The van der Waals surface area contributed by atoms with Crippen molar-refractivity contribution >= 4 is 17.5 Å². The molecule has 0 radical (unpaired) electrons. The Kier molecular flexibility index (Phi) is 11.5. The molecule has 0 bridgehead atoms. The molecule has 1 unspecified atom stereocenters. The molecule has 2 N–H and O–H groups in total. The monoisotopic (exact) mass is 674 g/mol. The molecule has 3 aromatic rings. The molecule has 5 rings (SSSR count). The zero-order chi connectivity index (χ0) is 35.3. The van der Waals surface area contributed by atoms with Crippen LogP contribution in [0.2, 0.25) is 0 Å². The Morgan fingerprint density at radius 1 is 1.04 bits per heavy atom. The molecule has 9 heteroatoms. The van der Waals surface area contributed by atoms with E-state index >= 15 is 0 Å². The predicted molar refractivity (Wildman–Crippen MR) is 195 cm³/mol. The number of nitrogens with zero attached hydrogens (tertiary/aromatic N) is 3. The summed E-state index contributed by atoms with van der Waals surface area (Å²) in [6.07, 6.45) is 3.70. The number of aliphatic carboxylic acids is 1. The molecule has 266 valence electrons. The molecule has 2 aliphatic heterocycles. The average Bonchev–Trinajstić information content (AvgIpc) is 3.04. The molecule has 0 aliphatic carbocycles. The Hall–Kier alpha value is -3.69. The van der Waals surface area contributed by atoms with Gasteiger partial charge >= 0.3 is 5.97 Å². The number of pyridine rings is 1. The van der Waals surface area contributed by atoms with E-state index in [1.165, 1.54) is 12.1 Å². The van der Waals surface area contributed by atoms with E-state index in [1.54, 1.807) is 12.1 Å². The number of carboxylic acids is 1. The van der Waals surface area contributed by atoms with Gasteiger partial charge in [-0.25, -0.2) is 14.2 Å². The van der Waals surface area contributed by atoms with Crippen LogP contribution in [-0.4, -0.2) is 72.9 Å². The van der Waals surface area contributed by atoms with Gasteiger partial charge in [0.05, 0.1) is 17.9 Å². The Balaban J connectivity index is 1.56. The smallest absolute Gasteiger partial charge is 0.337 e. The van der Waals surface area contributed by atoms with Crippen LogP contribution in [0.25, 0.3) is 11.1 Å². The summed E-state index contributed by atoms with van der Waals surface area (Å²) >= 11 is 0. The highest BCUT2D eigenvalue weighted by molar-refractivity contribution is 5.92. The zero-order valence-electron chi connectivity index (χ0n) is 30.4. The van der Waals surface area contributed by atoms with E-state index in [-0.39, 0.29) is 11.2 Å². The number of anilines is 2. The van der Waals surface area contributed by atoms with Gasteiger partial charge in [-0.05, 0) is 120 Å². The molecule has 49 heavy (non-hydrogen) atoms. The summed E-state index contributed by atoms with van der Waals surface area (Å²) in [5.74, 6) is 0.748. The van der Waals surface area contributed by atoms with Crippen molar-refractivity contribution in [2.24, 2.45) is 11.3 Å². The number of aryl methyl sites for hydroxylation is 1. The van der Waals surface area contributed by atoms with Crippen LogP contribution in [0.3, 0.4) is 0 Å². The van der Waals surface area contributed by atoms with E-state index in [0.29, 0.717) is 30.2 Å². The van der Waals surface area contributed by atoms with Crippen molar-refractivity contribution in [3.05, 3.63) is 71.2 Å². The highest BCUT2D eigenvalue weighted by atomic mass is 19.1. The second-order valence-electron chi connectivity index (χ2n) is 15.7. The van der Waals surface area contributed by atoms with Crippen LogP contribution in [-0.2, 0) is 16.0 Å². The summed E-state index contributed by atoms with van der Waals surface area (Å²) in [5, 5.41) is 14.4. The Morgan fingerprint density at radius 2 is 1.67 bits per heavy atom. The Morgan fingerprint density at radius 3 is 2.27 bits per heavy atom. The largest absolute Gasteiger partial charge is 0.493 e. The fourth-order valence-corrected chi connectivity index (χ4v) is 6.83. The third-order valence-corrected chi connectivity index (χ3v) is 9.90. The summed E-state index contributed by atoms with van der Waals surface area (Å²) in [6.45, 7) is 17.2. The summed E-state index contributed by atoms with van der Waals surface area (Å²) in [6, 6.07) is 14.5. The molecular weight excluding hydrogens is 619 g/mol. The van der Waals surface area contributed by atoms with Gasteiger partial charge in [0, 0.05) is 42.9 Å². The van der Waals surface area contributed by atoms with Crippen LogP contribution in [0, 0.1) is 24.1 Å². The number of likely N-dealkylation sites (tertiary alicyclic amines) is 1. The maximum Gasteiger partial charge on any atom is 0.337 e. The molecular formula is C40H55FN4O4. The van der Waals surface area contributed by atoms with Gasteiger partial charge in [-0.3, -0.25) is 0 Å². The Labute approximate surface area is 292 Å². The minimum absolute atomic E-state index is 0.204. The van der Waals surface area contributed by atoms with Crippen LogP contribution in [0.15, 0.2) is 48.5 Å². The van der Waals surface area contributed by atoms with Gasteiger partial charge < -0.3 is 29.7 Å². The van der Waals surface area contributed by atoms with E-state index in [4.69, 9.17) is 14.5 Å². The standard InChI is InChI=1S/C40H55FN4O4/c1-27-33(36(38(46)47)49-39(2,3)4)35(45-23-19-40(5,6)20-24-45)34(37(43-27)42-26-29-16-21-44(7)22-17-29)30-10-14-32(15-11-30)48-25-18-28-8-12-31(41)13-9-28/h8-15,29,36H,16-26H2,1-7H3,(H,42,43)(H,46,47). The van der Waals surface area contributed by atoms with E-state index in [2.05, 4.69) is 36.0 Å². The van der Waals surface area contributed by atoms with Crippen molar-refractivity contribution in [3.63, 3.8) is 0 Å². The molecule has 0 spiro atoms. The summed E-state index contributed by atoms with van der Waals surface area (Å²) < 4.78 is 25.7. The Bertz CT molecular complexity index is 1550. The number of hydrogen-bond acceptors (Lipinski definition) is 7. The first-order chi connectivity index (χ1) is 23.2. The maximum atomic E-state index is 13.3. The van der Waals surface area contributed by atoms with E-state index in [9.17, 15) is 14.3 Å². The fourth-order valence-electron chi connectivity index (χ4n) is 6.83. The number of nitrogens with one attached hydrogen (secondary N) is 1. The lowest BCUT2D eigenvalue weighted by molar-refractivity contribution is -0.160. The van der Waals surface area contributed by atoms with Gasteiger partial charge in [0.25, 0.3) is 0 Å². The second kappa shape index (κ2) is 15.5. The van der Waals surface area contributed by atoms with Gasteiger partial charge in [0.2, 0.25) is 0 Å². The van der Waals surface area contributed by atoms with Crippen molar-refractivity contribution in [1.29, 1.82) is 0 Å². The minimum atomic E-state index is -1.19. The van der Waals surface area contributed by atoms with Gasteiger partial charge in [-0.15, -0.1) is 0 Å². The van der Waals surface area contributed by atoms with Crippen molar-refractivity contribution in [2.75, 3.05) is 56.6 Å². The van der Waals surface area contributed by atoms with Crippen LogP contribution >= 0.6 is 0 Å². The van der Waals surface area contributed by atoms with E-state index in [1.807, 2.05) is 52.0 Å².